The number of carboxylic acid groups (broad SMARTS) is 1. The molecule has 0 aliphatic heterocycles. The fourth-order valence-corrected chi connectivity index (χ4v) is 4.00. The van der Waals surface area contributed by atoms with Gasteiger partial charge in [-0.2, -0.15) is 0 Å². The Labute approximate surface area is 197 Å². The van der Waals surface area contributed by atoms with Crippen LogP contribution in [-0.2, 0) is 19.1 Å². The summed E-state index contributed by atoms with van der Waals surface area (Å²) in [7, 11) is 0. The van der Waals surface area contributed by atoms with Gasteiger partial charge in [-0.25, -0.2) is 4.79 Å². The quantitative estimate of drug-likeness (QED) is 0.401. The van der Waals surface area contributed by atoms with Gasteiger partial charge in [0.15, 0.2) is 0 Å². The molecule has 3 rings (SSSR count). The first kappa shape index (κ1) is 24.8. The molecule has 2 aromatic rings. The summed E-state index contributed by atoms with van der Waals surface area (Å²) in [4.78, 5) is 46.7. The van der Waals surface area contributed by atoms with Crippen LogP contribution in [0.15, 0.2) is 48.5 Å². The number of alkyl carbamates (subject to hydrolysis) is 1. The van der Waals surface area contributed by atoms with E-state index >= 15 is 0 Å². The summed E-state index contributed by atoms with van der Waals surface area (Å²) in [5.74, 6) is -1.97. The molecule has 2 aromatic carbocycles. The normalized spacial score (nSPS) is 12.7. The number of carbonyl (C=O) groups is 4. The van der Waals surface area contributed by atoms with Gasteiger partial charge in [-0.15, -0.1) is 0 Å². The maximum atomic E-state index is 12.1. The molecule has 34 heavy (non-hydrogen) atoms. The first-order valence-electron chi connectivity index (χ1n) is 11.3. The molecule has 0 bridgehead atoms. The number of amides is 3. The Balaban J connectivity index is 1.40. The van der Waals surface area contributed by atoms with E-state index in [2.05, 4.69) is 16.0 Å². The molecule has 9 heteroatoms. The molecule has 3 amide bonds. The van der Waals surface area contributed by atoms with E-state index in [4.69, 9.17) is 9.84 Å². The molecular formula is C25H29N3O6. The maximum absolute atomic E-state index is 12.1. The van der Waals surface area contributed by atoms with E-state index in [0.29, 0.717) is 12.8 Å². The van der Waals surface area contributed by atoms with Gasteiger partial charge in [-0.05, 0) is 35.1 Å². The number of ether oxygens (including phenoxy) is 1. The highest BCUT2D eigenvalue weighted by Crippen LogP contribution is 2.44. The van der Waals surface area contributed by atoms with Gasteiger partial charge in [0.25, 0.3) is 0 Å². The third-order valence-electron chi connectivity index (χ3n) is 5.75. The van der Waals surface area contributed by atoms with Crippen LogP contribution in [0.2, 0.25) is 0 Å². The number of rotatable bonds is 11. The molecule has 4 N–H and O–H groups in total. The molecule has 1 aliphatic carbocycles. The largest absolute Gasteiger partial charge is 0.481 e. The highest BCUT2D eigenvalue weighted by molar-refractivity contribution is 5.87. The maximum Gasteiger partial charge on any atom is 0.407 e. The molecule has 1 unspecified atom stereocenters. The molecule has 0 saturated heterocycles. The van der Waals surface area contributed by atoms with Crippen LogP contribution in [0.3, 0.4) is 0 Å². The molecule has 0 aromatic heterocycles. The zero-order valence-electron chi connectivity index (χ0n) is 19.0. The predicted molar refractivity (Wildman–Crippen MR) is 125 cm³/mol. The van der Waals surface area contributed by atoms with Crippen LogP contribution in [0.5, 0.6) is 0 Å². The smallest absolute Gasteiger partial charge is 0.407 e. The van der Waals surface area contributed by atoms with Crippen molar-refractivity contribution in [3.63, 3.8) is 0 Å². The van der Waals surface area contributed by atoms with Crippen molar-refractivity contribution in [2.24, 2.45) is 0 Å². The zero-order valence-corrected chi connectivity index (χ0v) is 19.0. The SMILES string of the molecule is CCC(CCC(=O)O)NC(=O)CNC(=O)CNC(=O)OCC1c2ccccc2-c2ccccc21. The lowest BCUT2D eigenvalue weighted by atomic mass is 9.98. The lowest BCUT2D eigenvalue weighted by Gasteiger charge is -2.16. The van der Waals surface area contributed by atoms with Crippen LogP contribution in [-0.4, -0.2) is 54.7 Å². The Morgan fingerprint density at radius 3 is 2.09 bits per heavy atom. The summed E-state index contributed by atoms with van der Waals surface area (Å²) in [6.45, 7) is 1.37. The lowest BCUT2D eigenvalue weighted by molar-refractivity contribution is -0.137. The molecular weight excluding hydrogens is 438 g/mol. The summed E-state index contributed by atoms with van der Waals surface area (Å²) < 4.78 is 5.37. The number of fused-ring (bicyclic) bond motifs is 3. The minimum atomic E-state index is -0.930. The van der Waals surface area contributed by atoms with E-state index in [1.807, 2.05) is 55.5 Å². The van der Waals surface area contributed by atoms with Crippen molar-refractivity contribution in [1.29, 1.82) is 0 Å². The summed E-state index contributed by atoms with van der Waals surface area (Å²) in [6, 6.07) is 15.7. The van der Waals surface area contributed by atoms with Gasteiger partial charge in [0, 0.05) is 18.4 Å². The monoisotopic (exact) mass is 467 g/mol. The standard InChI is InChI=1S/C25H29N3O6/c1-2-16(11-12-24(31)32)28-23(30)14-26-22(29)13-27-25(33)34-15-21-19-9-5-3-7-17(19)18-8-4-6-10-20(18)21/h3-10,16,21H,2,11-15H2,1H3,(H,26,29)(H,27,33)(H,28,30)(H,31,32). The topological polar surface area (TPSA) is 134 Å². The summed E-state index contributed by atoms with van der Waals surface area (Å²) in [6.07, 6.45) is 0.126. The second-order valence-electron chi connectivity index (χ2n) is 8.06. The molecule has 180 valence electrons. The number of hydrogen-bond donors (Lipinski definition) is 4. The summed E-state index contributed by atoms with van der Waals surface area (Å²) in [5, 5.41) is 16.2. The van der Waals surface area contributed by atoms with Crippen LogP contribution in [0.4, 0.5) is 4.79 Å². The van der Waals surface area contributed by atoms with E-state index in [1.54, 1.807) is 0 Å². The molecule has 0 fully saturated rings. The lowest BCUT2D eigenvalue weighted by Crippen LogP contribution is -2.44. The predicted octanol–water partition coefficient (Wildman–Crippen LogP) is 2.40. The molecule has 0 saturated carbocycles. The number of carboxylic acids is 1. The van der Waals surface area contributed by atoms with Gasteiger partial charge in [0.2, 0.25) is 11.8 Å². The second kappa shape index (κ2) is 11.8. The molecule has 1 atom stereocenters. The van der Waals surface area contributed by atoms with Gasteiger partial charge in [-0.3, -0.25) is 14.4 Å². The third-order valence-corrected chi connectivity index (χ3v) is 5.75. The fraction of sp³-hybridized carbons (Fsp3) is 0.360. The van der Waals surface area contributed by atoms with Crippen molar-refractivity contribution in [3.8, 4) is 11.1 Å². The Morgan fingerprint density at radius 2 is 1.50 bits per heavy atom. The fourth-order valence-electron chi connectivity index (χ4n) is 4.00. The van der Waals surface area contributed by atoms with Crippen LogP contribution >= 0.6 is 0 Å². The van der Waals surface area contributed by atoms with E-state index in [9.17, 15) is 19.2 Å². The van der Waals surface area contributed by atoms with E-state index in [-0.39, 0.29) is 38.1 Å². The van der Waals surface area contributed by atoms with Crippen LogP contribution in [0.25, 0.3) is 11.1 Å². The Hall–Kier alpha value is -3.88. The van der Waals surface area contributed by atoms with Gasteiger partial charge >= 0.3 is 12.1 Å². The second-order valence-corrected chi connectivity index (χ2v) is 8.06. The van der Waals surface area contributed by atoms with Gasteiger partial charge in [0.05, 0.1) is 6.54 Å². The number of benzene rings is 2. The number of aliphatic carboxylic acids is 1. The Bertz CT molecular complexity index is 1010. The van der Waals surface area contributed by atoms with Crippen molar-refractivity contribution < 1.29 is 29.0 Å². The minimum Gasteiger partial charge on any atom is -0.481 e. The average Bonchev–Trinajstić information content (AvgIpc) is 3.16. The van der Waals surface area contributed by atoms with E-state index in [1.165, 1.54) is 0 Å². The summed E-state index contributed by atoms with van der Waals surface area (Å²) in [5.41, 5.74) is 4.43. The molecule has 0 radical (unpaired) electrons. The Kier molecular flexibility index (Phi) is 8.61. The van der Waals surface area contributed by atoms with Crippen molar-refractivity contribution in [3.05, 3.63) is 59.7 Å². The van der Waals surface area contributed by atoms with E-state index in [0.717, 1.165) is 22.3 Å². The first-order valence-corrected chi connectivity index (χ1v) is 11.3. The highest BCUT2D eigenvalue weighted by atomic mass is 16.5. The van der Waals surface area contributed by atoms with Gasteiger partial charge in [-0.1, -0.05) is 55.5 Å². The van der Waals surface area contributed by atoms with Crippen molar-refractivity contribution >= 4 is 23.9 Å². The molecule has 0 spiro atoms. The number of nitrogens with one attached hydrogen (secondary N) is 3. The number of carbonyl (C=O) groups excluding carboxylic acids is 3. The average molecular weight is 468 g/mol. The van der Waals surface area contributed by atoms with Crippen LogP contribution in [0, 0.1) is 0 Å². The van der Waals surface area contributed by atoms with E-state index < -0.39 is 23.9 Å². The first-order chi connectivity index (χ1) is 16.4. The van der Waals surface area contributed by atoms with Crippen molar-refractivity contribution in [2.75, 3.05) is 19.7 Å². The Morgan fingerprint density at radius 1 is 0.912 bits per heavy atom. The number of hydrogen-bond acceptors (Lipinski definition) is 5. The van der Waals surface area contributed by atoms with Crippen molar-refractivity contribution in [1.82, 2.24) is 16.0 Å². The molecule has 0 heterocycles. The third kappa shape index (κ3) is 6.57. The highest BCUT2D eigenvalue weighted by Gasteiger charge is 2.29. The molecule has 9 nitrogen and oxygen atoms in total. The van der Waals surface area contributed by atoms with Gasteiger partial charge in [0.1, 0.15) is 13.2 Å². The summed E-state index contributed by atoms with van der Waals surface area (Å²) >= 11 is 0. The van der Waals surface area contributed by atoms with Crippen LogP contribution < -0.4 is 16.0 Å². The minimum absolute atomic E-state index is 0.0464. The van der Waals surface area contributed by atoms with Gasteiger partial charge < -0.3 is 25.8 Å². The zero-order chi connectivity index (χ0) is 24.5. The molecule has 1 aliphatic rings. The van der Waals surface area contributed by atoms with Crippen LogP contribution in [0.1, 0.15) is 43.2 Å². The van der Waals surface area contributed by atoms with Crippen molar-refractivity contribution in [2.45, 2.75) is 38.1 Å².